The van der Waals surface area contributed by atoms with Crippen LogP contribution in [-0.2, 0) is 6.42 Å². The molecule has 2 aromatic rings. The zero-order valence-corrected chi connectivity index (χ0v) is 8.87. The van der Waals surface area contributed by atoms with Gasteiger partial charge in [0.1, 0.15) is 7.85 Å². The van der Waals surface area contributed by atoms with Crippen LogP contribution in [0.25, 0.3) is 11.0 Å². The largest absolute Gasteiger partial charge is 0.356 e. The van der Waals surface area contributed by atoms with Crippen molar-refractivity contribution in [2.45, 2.75) is 27.2 Å². The Balaban J connectivity index is 0.000000461. The van der Waals surface area contributed by atoms with Crippen molar-refractivity contribution in [3.8, 4) is 0 Å². The van der Waals surface area contributed by atoms with E-state index in [0.29, 0.717) is 5.46 Å². The summed E-state index contributed by atoms with van der Waals surface area (Å²) in [5.74, 6) is 0. The molecule has 0 aliphatic carbocycles. The maximum atomic E-state index is 5.59. The number of rotatable bonds is 1. The van der Waals surface area contributed by atoms with Crippen LogP contribution >= 0.6 is 0 Å². The van der Waals surface area contributed by atoms with Gasteiger partial charge in [0.05, 0.1) is 5.69 Å². The normalized spacial score (nSPS) is 9.64. The number of aromatic nitrogens is 1. The molecule has 0 N–H and O–H groups in total. The lowest BCUT2D eigenvalue weighted by Gasteiger charge is -1.90. The van der Waals surface area contributed by atoms with Crippen molar-refractivity contribution in [1.29, 1.82) is 0 Å². The third kappa shape index (κ3) is 1.98. The quantitative estimate of drug-likeness (QED) is 0.639. The molecule has 1 aromatic carbocycles. The Morgan fingerprint density at radius 1 is 1.36 bits per heavy atom. The zero-order valence-electron chi connectivity index (χ0n) is 8.87. The SMILES string of the molecule is CC.[B]c1ccc2c(CC)noc2c1. The zero-order chi connectivity index (χ0) is 10.6. The van der Waals surface area contributed by atoms with Crippen molar-refractivity contribution in [3.63, 3.8) is 0 Å². The van der Waals surface area contributed by atoms with Crippen LogP contribution in [0.4, 0.5) is 0 Å². The molecule has 2 nitrogen and oxygen atoms in total. The molecular weight excluding hydrogens is 173 g/mol. The molecule has 0 amide bonds. The fraction of sp³-hybridized carbons (Fsp3) is 0.364. The summed E-state index contributed by atoms with van der Waals surface area (Å²) >= 11 is 0. The van der Waals surface area contributed by atoms with Crippen LogP contribution < -0.4 is 5.46 Å². The molecule has 14 heavy (non-hydrogen) atoms. The van der Waals surface area contributed by atoms with Gasteiger partial charge in [-0.2, -0.15) is 0 Å². The Labute approximate surface area is 85.7 Å². The maximum absolute atomic E-state index is 5.59. The van der Waals surface area contributed by atoms with Crippen LogP contribution in [0.1, 0.15) is 26.5 Å². The van der Waals surface area contributed by atoms with Crippen molar-refractivity contribution < 1.29 is 4.52 Å². The topological polar surface area (TPSA) is 26.0 Å². The van der Waals surface area contributed by atoms with E-state index in [0.717, 1.165) is 23.1 Å². The number of fused-ring (bicyclic) bond motifs is 1. The van der Waals surface area contributed by atoms with Crippen LogP contribution in [0.2, 0.25) is 0 Å². The van der Waals surface area contributed by atoms with E-state index < -0.39 is 0 Å². The Kier molecular flexibility index (Phi) is 3.75. The number of hydrogen-bond acceptors (Lipinski definition) is 2. The molecule has 0 unspecified atom stereocenters. The van der Waals surface area contributed by atoms with Crippen LogP contribution in [-0.4, -0.2) is 13.0 Å². The smallest absolute Gasteiger partial charge is 0.166 e. The van der Waals surface area contributed by atoms with E-state index >= 15 is 0 Å². The summed E-state index contributed by atoms with van der Waals surface area (Å²) in [5.41, 5.74) is 2.47. The lowest BCUT2D eigenvalue weighted by Crippen LogP contribution is -1.98. The molecule has 0 saturated carbocycles. The van der Waals surface area contributed by atoms with Gasteiger partial charge in [0.2, 0.25) is 0 Å². The summed E-state index contributed by atoms with van der Waals surface area (Å²) < 4.78 is 5.09. The monoisotopic (exact) mass is 187 g/mol. The molecule has 1 aromatic heterocycles. The molecule has 0 atom stereocenters. The molecule has 0 aliphatic heterocycles. The highest BCUT2D eigenvalue weighted by molar-refractivity contribution is 6.33. The van der Waals surface area contributed by atoms with E-state index in [1.54, 1.807) is 6.07 Å². The van der Waals surface area contributed by atoms with Crippen LogP contribution in [0.3, 0.4) is 0 Å². The highest BCUT2D eigenvalue weighted by atomic mass is 16.5. The summed E-state index contributed by atoms with van der Waals surface area (Å²) in [6.07, 6.45) is 0.886. The first-order chi connectivity index (χ1) is 6.81. The summed E-state index contributed by atoms with van der Waals surface area (Å²) in [7, 11) is 5.59. The molecule has 2 rings (SSSR count). The standard InChI is InChI=1S/C9H8BNO.C2H6/c1-2-8-7-4-3-6(10)5-9(7)12-11-8;1-2/h3-5H,2H2,1H3;1-2H3. The van der Waals surface area contributed by atoms with Gasteiger partial charge in [-0.25, -0.2) is 0 Å². The highest BCUT2D eigenvalue weighted by Crippen LogP contribution is 2.16. The van der Waals surface area contributed by atoms with Gasteiger partial charge in [-0.05, 0) is 18.6 Å². The average molecular weight is 187 g/mol. The second-order valence-corrected chi connectivity index (χ2v) is 2.74. The molecule has 0 spiro atoms. The fourth-order valence-corrected chi connectivity index (χ4v) is 1.26. The van der Waals surface area contributed by atoms with E-state index in [9.17, 15) is 0 Å². The first-order valence-electron chi connectivity index (χ1n) is 4.95. The van der Waals surface area contributed by atoms with E-state index in [1.807, 2.05) is 32.9 Å². The second-order valence-electron chi connectivity index (χ2n) is 2.74. The third-order valence-electron chi connectivity index (χ3n) is 1.91. The predicted molar refractivity (Wildman–Crippen MR) is 60.1 cm³/mol. The number of hydrogen-bond donors (Lipinski definition) is 0. The van der Waals surface area contributed by atoms with E-state index in [4.69, 9.17) is 12.4 Å². The van der Waals surface area contributed by atoms with Gasteiger partial charge in [-0.15, -0.1) is 0 Å². The first kappa shape index (κ1) is 10.8. The van der Waals surface area contributed by atoms with Crippen molar-refractivity contribution in [1.82, 2.24) is 5.16 Å². The first-order valence-corrected chi connectivity index (χ1v) is 4.95. The Bertz CT molecular complexity index is 409. The van der Waals surface area contributed by atoms with E-state index in [2.05, 4.69) is 5.16 Å². The molecule has 1 heterocycles. The number of benzene rings is 1. The van der Waals surface area contributed by atoms with E-state index in [1.165, 1.54) is 0 Å². The van der Waals surface area contributed by atoms with Crippen LogP contribution in [0.15, 0.2) is 22.7 Å². The van der Waals surface area contributed by atoms with Gasteiger partial charge in [-0.1, -0.05) is 37.5 Å². The van der Waals surface area contributed by atoms with Gasteiger partial charge in [0, 0.05) is 5.39 Å². The summed E-state index contributed by atoms with van der Waals surface area (Å²) in [5, 5.41) is 4.99. The molecule has 3 heteroatoms. The number of nitrogens with zero attached hydrogens (tertiary/aromatic N) is 1. The summed E-state index contributed by atoms with van der Waals surface area (Å²) in [4.78, 5) is 0. The average Bonchev–Trinajstić information content (AvgIpc) is 2.62. The lowest BCUT2D eigenvalue weighted by molar-refractivity contribution is 0.447. The minimum absolute atomic E-state index is 0.710. The van der Waals surface area contributed by atoms with Gasteiger partial charge >= 0.3 is 0 Å². The molecular formula is C11H14BNO. The minimum atomic E-state index is 0.710. The molecule has 0 aliphatic rings. The summed E-state index contributed by atoms with van der Waals surface area (Å²) in [6, 6.07) is 5.60. The van der Waals surface area contributed by atoms with Crippen molar-refractivity contribution in [2.75, 3.05) is 0 Å². The molecule has 0 fully saturated rings. The van der Waals surface area contributed by atoms with E-state index in [-0.39, 0.29) is 0 Å². The highest BCUT2D eigenvalue weighted by Gasteiger charge is 2.04. The van der Waals surface area contributed by atoms with Crippen LogP contribution in [0, 0.1) is 0 Å². The Morgan fingerprint density at radius 2 is 2.07 bits per heavy atom. The molecule has 72 valence electrons. The van der Waals surface area contributed by atoms with Crippen molar-refractivity contribution >= 4 is 24.3 Å². The molecule has 0 bridgehead atoms. The minimum Gasteiger partial charge on any atom is -0.356 e. The van der Waals surface area contributed by atoms with Gasteiger partial charge in [0.25, 0.3) is 0 Å². The van der Waals surface area contributed by atoms with Crippen LogP contribution in [0.5, 0.6) is 0 Å². The van der Waals surface area contributed by atoms with Gasteiger partial charge in [0.15, 0.2) is 5.58 Å². The third-order valence-corrected chi connectivity index (χ3v) is 1.91. The van der Waals surface area contributed by atoms with Gasteiger partial charge < -0.3 is 4.52 Å². The van der Waals surface area contributed by atoms with Crippen molar-refractivity contribution in [3.05, 3.63) is 23.9 Å². The second kappa shape index (κ2) is 4.84. The Hall–Kier alpha value is -1.25. The fourth-order valence-electron chi connectivity index (χ4n) is 1.26. The molecule has 2 radical (unpaired) electrons. The van der Waals surface area contributed by atoms with Gasteiger partial charge in [-0.3, -0.25) is 0 Å². The molecule has 0 saturated heterocycles. The predicted octanol–water partition coefficient (Wildman–Crippen LogP) is 2.21. The Morgan fingerprint density at radius 3 is 2.71 bits per heavy atom. The van der Waals surface area contributed by atoms with Crippen molar-refractivity contribution in [2.24, 2.45) is 0 Å². The maximum Gasteiger partial charge on any atom is 0.166 e. The summed E-state index contributed by atoms with van der Waals surface area (Å²) in [6.45, 7) is 6.05. The number of aryl methyl sites for hydroxylation is 1. The lowest BCUT2D eigenvalue weighted by atomic mass is 9.95.